The Balaban J connectivity index is 1.37. The fraction of sp³-hybridized carbons (Fsp3) is 0.143. The van der Waals surface area contributed by atoms with Crippen LogP contribution in [0.5, 0.6) is 17.4 Å². The molecular formula is C28H26N2O5. The topological polar surface area (TPSA) is 82.8 Å². The van der Waals surface area contributed by atoms with E-state index in [9.17, 15) is 4.79 Å². The summed E-state index contributed by atoms with van der Waals surface area (Å²) in [4.78, 5) is 16.9. The van der Waals surface area contributed by atoms with Gasteiger partial charge >= 0.3 is 0 Å². The molecule has 0 aliphatic heterocycles. The Labute approximate surface area is 204 Å². The second-order valence-corrected chi connectivity index (χ2v) is 7.57. The maximum Gasteiger partial charge on any atom is 0.248 e. The van der Waals surface area contributed by atoms with Crippen molar-refractivity contribution in [3.8, 4) is 28.6 Å². The number of hydrogen-bond donors (Lipinski definition) is 1. The number of rotatable bonds is 10. The molecule has 0 aliphatic rings. The summed E-state index contributed by atoms with van der Waals surface area (Å²) in [6.07, 6.45) is 5.29. The highest BCUT2D eigenvalue weighted by molar-refractivity contribution is 6.02. The van der Waals surface area contributed by atoms with Crippen LogP contribution >= 0.6 is 0 Å². The van der Waals surface area contributed by atoms with Crippen molar-refractivity contribution in [2.45, 2.75) is 6.42 Å². The molecule has 4 aromatic rings. The first-order chi connectivity index (χ1) is 17.1. The first-order valence-electron chi connectivity index (χ1n) is 11.1. The molecule has 7 heteroatoms. The molecule has 0 bridgehead atoms. The third kappa shape index (κ3) is 6.51. The summed E-state index contributed by atoms with van der Waals surface area (Å²) in [5, 5.41) is 2.85. The van der Waals surface area contributed by atoms with Gasteiger partial charge in [-0.1, -0.05) is 24.3 Å². The van der Waals surface area contributed by atoms with Crippen molar-refractivity contribution in [1.82, 2.24) is 4.98 Å². The number of carbonyl (C=O) groups is 1. The Bertz CT molecular complexity index is 1300. The fourth-order valence-electron chi connectivity index (χ4n) is 3.45. The molecule has 35 heavy (non-hydrogen) atoms. The molecular weight excluding hydrogens is 444 g/mol. The van der Waals surface area contributed by atoms with Gasteiger partial charge in [-0.25, -0.2) is 4.98 Å². The minimum Gasteiger partial charge on any atom is -0.493 e. The van der Waals surface area contributed by atoms with Gasteiger partial charge in [-0.05, 0) is 54.1 Å². The minimum absolute atomic E-state index is 0.251. The van der Waals surface area contributed by atoms with Crippen LogP contribution in [0.1, 0.15) is 11.3 Å². The predicted octanol–water partition coefficient (Wildman–Crippen LogP) is 5.63. The van der Waals surface area contributed by atoms with E-state index in [-0.39, 0.29) is 5.91 Å². The molecule has 7 nitrogen and oxygen atoms in total. The van der Waals surface area contributed by atoms with Crippen LogP contribution in [0.4, 0.5) is 5.69 Å². The number of hydrogen-bond acceptors (Lipinski definition) is 6. The van der Waals surface area contributed by atoms with E-state index in [1.54, 1.807) is 38.7 Å². The zero-order valence-electron chi connectivity index (χ0n) is 19.6. The molecule has 2 aromatic heterocycles. The molecule has 1 amide bonds. The summed E-state index contributed by atoms with van der Waals surface area (Å²) >= 11 is 0. The lowest BCUT2D eigenvalue weighted by Crippen LogP contribution is -2.07. The summed E-state index contributed by atoms with van der Waals surface area (Å²) in [5.74, 6) is 2.27. The zero-order chi connectivity index (χ0) is 24.5. The van der Waals surface area contributed by atoms with Crippen LogP contribution in [0.25, 0.3) is 17.3 Å². The Morgan fingerprint density at radius 1 is 0.971 bits per heavy atom. The van der Waals surface area contributed by atoms with Gasteiger partial charge in [0.05, 0.1) is 32.8 Å². The SMILES string of the molecule is COc1ccc(CCOc2cccc(-c3cccc(NC(=O)/C=C/c4ccco4)c3)n2)cc1OC. The highest BCUT2D eigenvalue weighted by atomic mass is 16.5. The maximum absolute atomic E-state index is 12.2. The van der Waals surface area contributed by atoms with Crippen molar-refractivity contribution in [3.63, 3.8) is 0 Å². The maximum atomic E-state index is 12.2. The number of nitrogens with one attached hydrogen (secondary N) is 1. The van der Waals surface area contributed by atoms with Crippen molar-refractivity contribution in [2.75, 3.05) is 26.1 Å². The Hall–Kier alpha value is -4.52. The van der Waals surface area contributed by atoms with Gasteiger partial charge in [0.2, 0.25) is 11.8 Å². The van der Waals surface area contributed by atoms with Crippen molar-refractivity contribution in [2.24, 2.45) is 0 Å². The van der Waals surface area contributed by atoms with E-state index in [1.807, 2.05) is 60.7 Å². The van der Waals surface area contributed by atoms with Gasteiger partial charge in [-0.15, -0.1) is 0 Å². The minimum atomic E-state index is -0.251. The van der Waals surface area contributed by atoms with Crippen LogP contribution in [-0.2, 0) is 11.2 Å². The number of nitrogens with zero attached hydrogens (tertiary/aromatic N) is 1. The lowest BCUT2D eigenvalue weighted by atomic mass is 10.1. The first kappa shape index (κ1) is 23.6. The average molecular weight is 471 g/mol. The van der Waals surface area contributed by atoms with Crippen LogP contribution in [0.2, 0.25) is 0 Å². The van der Waals surface area contributed by atoms with Gasteiger partial charge < -0.3 is 23.9 Å². The normalized spacial score (nSPS) is 10.8. The van der Waals surface area contributed by atoms with Gasteiger partial charge in [0, 0.05) is 29.8 Å². The molecule has 1 N–H and O–H groups in total. The van der Waals surface area contributed by atoms with Crippen LogP contribution in [0, 0.1) is 0 Å². The van der Waals surface area contributed by atoms with Crippen molar-refractivity contribution < 1.29 is 23.4 Å². The molecule has 4 rings (SSSR count). The number of carbonyl (C=O) groups excluding carboxylic acids is 1. The van der Waals surface area contributed by atoms with E-state index in [0.29, 0.717) is 41.9 Å². The lowest BCUT2D eigenvalue weighted by Gasteiger charge is -2.11. The highest BCUT2D eigenvalue weighted by Gasteiger charge is 2.07. The summed E-state index contributed by atoms with van der Waals surface area (Å²) in [5.41, 5.74) is 3.35. The van der Waals surface area contributed by atoms with Gasteiger partial charge in [-0.3, -0.25) is 4.79 Å². The molecule has 0 spiro atoms. The number of furan rings is 1. The molecule has 0 fully saturated rings. The number of ether oxygens (including phenoxy) is 3. The standard InChI is InChI=1S/C28H26N2O5/c1-32-25-13-11-20(18-26(25)33-2)15-17-35-28-10-4-9-24(30-28)21-6-3-7-22(19-21)29-27(31)14-12-23-8-5-16-34-23/h3-14,16,18-19H,15,17H2,1-2H3,(H,29,31)/b14-12+. The monoisotopic (exact) mass is 470 g/mol. The molecule has 0 atom stereocenters. The van der Waals surface area contributed by atoms with E-state index in [0.717, 1.165) is 16.8 Å². The largest absolute Gasteiger partial charge is 0.493 e. The third-order valence-corrected chi connectivity index (χ3v) is 5.18. The third-order valence-electron chi connectivity index (χ3n) is 5.18. The lowest BCUT2D eigenvalue weighted by molar-refractivity contribution is -0.111. The Morgan fingerprint density at radius 2 is 1.83 bits per heavy atom. The van der Waals surface area contributed by atoms with Crippen LogP contribution in [0.15, 0.2) is 89.6 Å². The second kappa shape index (κ2) is 11.6. The van der Waals surface area contributed by atoms with Crippen LogP contribution < -0.4 is 19.5 Å². The Kier molecular flexibility index (Phi) is 7.81. The van der Waals surface area contributed by atoms with Crippen molar-refractivity contribution in [1.29, 1.82) is 0 Å². The Morgan fingerprint density at radius 3 is 2.63 bits per heavy atom. The molecule has 0 radical (unpaired) electrons. The van der Waals surface area contributed by atoms with Crippen LogP contribution in [-0.4, -0.2) is 31.7 Å². The second-order valence-electron chi connectivity index (χ2n) is 7.57. The fourth-order valence-corrected chi connectivity index (χ4v) is 3.45. The number of amides is 1. The molecule has 0 unspecified atom stereocenters. The van der Waals surface area contributed by atoms with E-state index in [2.05, 4.69) is 10.3 Å². The summed E-state index contributed by atoms with van der Waals surface area (Å²) in [7, 11) is 3.23. The zero-order valence-corrected chi connectivity index (χ0v) is 19.6. The summed E-state index contributed by atoms with van der Waals surface area (Å²) in [6.45, 7) is 0.462. The van der Waals surface area contributed by atoms with Crippen LogP contribution in [0.3, 0.4) is 0 Å². The smallest absolute Gasteiger partial charge is 0.248 e. The van der Waals surface area contributed by atoms with Gasteiger partial charge in [0.15, 0.2) is 11.5 Å². The van der Waals surface area contributed by atoms with Crippen molar-refractivity contribution >= 4 is 17.7 Å². The van der Waals surface area contributed by atoms with Gasteiger partial charge in [-0.2, -0.15) is 0 Å². The first-order valence-corrected chi connectivity index (χ1v) is 11.1. The van der Waals surface area contributed by atoms with E-state index in [1.165, 1.54) is 6.08 Å². The number of anilines is 1. The molecule has 178 valence electrons. The number of pyridine rings is 1. The molecule has 0 saturated heterocycles. The molecule has 2 heterocycles. The number of benzene rings is 2. The molecule has 0 saturated carbocycles. The van der Waals surface area contributed by atoms with Gasteiger partial charge in [0.1, 0.15) is 5.76 Å². The molecule has 2 aromatic carbocycles. The van der Waals surface area contributed by atoms with E-state index < -0.39 is 0 Å². The van der Waals surface area contributed by atoms with E-state index in [4.69, 9.17) is 18.6 Å². The summed E-state index contributed by atoms with van der Waals surface area (Å²) < 4.78 is 21.7. The van der Waals surface area contributed by atoms with Gasteiger partial charge in [0.25, 0.3) is 0 Å². The predicted molar refractivity (Wildman–Crippen MR) is 135 cm³/mol. The quantitative estimate of drug-likeness (QED) is 0.302. The van der Waals surface area contributed by atoms with E-state index >= 15 is 0 Å². The summed E-state index contributed by atoms with van der Waals surface area (Å²) in [6, 6.07) is 22.5. The number of methoxy groups -OCH3 is 2. The number of aromatic nitrogens is 1. The average Bonchev–Trinajstić information content (AvgIpc) is 3.41. The highest BCUT2D eigenvalue weighted by Crippen LogP contribution is 2.28. The molecule has 0 aliphatic carbocycles. The van der Waals surface area contributed by atoms with Crippen molar-refractivity contribution in [3.05, 3.63) is 96.5 Å².